The minimum absolute atomic E-state index is 0.0292. The normalized spacial score (nSPS) is 39.0. The molecule has 0 unspecified atom stereocenters. The Labute approximate surface area is 78.6 Å². The summed E-state index contributed by atoms with van der Waals surface area (Å²) in [6.45, 7) is 3.21. The molecule has 0 aromatic rings. The van der Waals surface area contributed by atoms with E-state index in [1.54, 1.807) is 0 Å². The molecule has 1 saturated heterocycles. The fourth-order valence-electron chi connectivity index (χ4n) is 1.60. The van der Waals surface area contributed by atoms with Gasteiger partial charge < -0.3 is 14.6 Å². The number of hydrogen-bond donors (Lipinski definition) is 1. The first-order valence-electron chi connectivity index (χ1n) is 4.49. The number of hydrogen-bond acceptors (Lipinski definition) is 4. The van der Waals surface area contributed by atoms with Gasteiger partial charge in [0, 0.05) is 18.8 Å². The van der Waals surface area contributed by atoms with Gasteiger partial charge in [-0.3, -0.25) is 4.79 Å². The molecule has 5 heteroatoms. The molecule has 0 spiro atoms. The van der Waals surface area contributed by atoms with Crippen LogP contribution < -0.4 is 0 Å². The van der Waals surface area contributed by atoms with Crippen molar-refractivity contribution in [2.45, 2.75) is 32.1 Å². The van der Waals surface area contributed by atoms with Crippen molar-refractivity contribution in [3.63, 3.8) is 0 Å². The Morgan fingerprint density at radius 1 is 1.69 bits per heavy atom. The molecule has 4 atom stereocenters. The number of ether oxygens (including phenoxy) is 2. The van der Waals surface area contributed by atoms with Gasteiger partial charge in [-0.25, -0.2) is 0 Å². The van der Waals surface area contributed by atoms with Crippen molar-refractivity contribution in [1.82, 2.24) is 0 Å². The van der Waals surface area contributed by atoms with Gasteiger partial charge in [0.05, 0.1) is 6.61 Å². The fraction of sp³-hybridized carbons (Fsp3) is 0.875. The standard InChI is InChI=1S/C8H15BO4/c1-4-7(12-5(2)11)6(3-10)13-8(4)9/h4,6-8,10H,3,9H2,1-2H3/t4-,6-,7+,8-/m1/s1. The Morgan fingerprint density at radius 3 is 2.77 bits per heavy atom. The molecule has 0 aromatic heterocycles. The van der Waals surface area contributed by atoms with Gasteiger partial charge in [-0.05, 0) is 0 Å². The number of aliphatic hydroxyl groups excluding tert-OH is 1. The van der Waals surface area contributed by atoms with Crippen molar-refractivity contribution in [3.05, 3.63) is 0 Å². The van der Waals surface area contributed by atoms with Crippen LogP contribution >= 0.6 is 0 Å². The van der Waals surface area contributed by atoms with Crippen LogP contribution in [0.25, 0.3) is 0 Å². The van der Waals surface area contributed by atoms with E-state index >= 15 is 0 Å². The Bertz CT molecular complexity index is 197. The topological polar surface area (TPSA) is 55.8 Å². The molecule has 4 nitrogen and oxygen atoms in total. The van der Waals surface area contributed by atoms with Crippen LogP contribution in [0.4, 0.5) is 0 Å². The highest BCUT2D eigenvalue weighted by atomic mass is 16.6. The van der Waals surface area contributed by atoms with Gasteiger partial charge >= 0.3 is 5.97 Å². The van der Waals surface area contributed by atoms with Crippen molar-refractivity contribution in [2.75, 3.05) is 6.61 Å². The van der Waals surface area contributed by atoms with Crippen LogP contribution in [-0.4, -0.2) is 43.7 Å². The van der Waals surface area contributed by atoms with E-state index in [0.29, 0.717) is 0 Å². The molecule has 13 heavy (non-hydrogen) atoms. The molecule has 1 aliphatic heterocycles. The zero-order chi connectivity index (χ0) is 10.0. The van der Waals surface area contributed by atoms with Crippen LogP contribution in [0.5, 0.6) is 0 Å². The van der Waals surface area contributed by atoms with Crippen molar-refractivity contribution < 1.29 is 19.4 Å². The molecular formula is C8H15BO4. The quantitative estimate of drug-likeness (QED) is 0.439. The summed E-state index contributed by atoms with van der Waals surface area (Å²) >= 11 is 0. The number of rotatable bonds is 2. The summed E-state index contributed by atoms with van der Waals surface area (Å²) in [6.07, 6.45) is -0.675. The van der Waals surface area contributed by atoms with E-state index in [2.05, 4.69) is 0 Å². The number of carbonyl (C=O) groups excluding carboxylic acids is 1. The van der Waals surface area contributed by atoms with Gasteiger partial charge in [-0.15, -0.1) is 0 Å². The molecule has 0 bridgehead atoms. The third-order valence-corrected chi connectivity index (χ3v) is 2.50. The summed E-state index contributed by atoms with van der Waals surface area (Å²) in [5, 5.41) is 8.97. The van der Waals surface area contributed by atoms with E-state index in [9.17, 15) is 4.79 Å². The second-order valence-electron chi connectivity index (χ2n) is 3.50. The lowest BCUT2D eigenvalue weighted by Gasteiger charge is -2.19. The monoisotopic (exact) mass is 186 g/mol. The van der Waals surface area contributed by atoms with Crippen LogP contribution in [-0.2, 0) is 14.3 Å². The van der Waals surface area contributed by atoms with E-state index in [1.807, 2.05) is 14.8 Å². The number of carbonyl (C=O) groups is 1. The molecule has 0 amide bonds. The highest BCUT2D eigenvalue weighted by molar-refractivity contribution is 6.11. The Kier molecular flexibility index (Phi) is 3.33. The lowest BCUT2D eigenvalue weighted by atomic mass is 9.86. The summed E-state index contributed by atoms with van der Waals surface area (Å²) in [6, 6.07) is 0.0292. The predicted octanol–water partition coefficient (Wildman–Crippen LogP) is -1.10. The third-order valence-electron chi connectivity index (χ3n) is 2.50. The first-order valence-corrected chi connectivity index (χ1v) is 4.49. The van der Waals surface area contributed by atoms with E-state index in [0.717, 1.165) is 0 Å². The number of esters is 1. The first-order chi connectivity index (χ1) is 6.06. The van der Waals surface area contributed by atoms with Gasteiger partial charge in [0.1, 0.15) is 20.1 Å². The zero-order valence-electron chi connectivity index (χ0n) is 8.19. The average Bonchev–Trinajstić information content (AvgIpc) is 2.31. The molecule has 1 rings (SSSR count). The summed E-state index contributed by atoms with van der Waals surface area (Å²) in [5.74, 6) is -0.186. The third kappa shape index (κ3) is 2.22. The minimum atomic E-state index is -0.367. The Hall–Kier alpha value is -0.545. The van der Waals surface area contributed by atoms with Crippen molar-refractivity contribution in [3.8, 4) is 0 Å². The van der Waals surface area contributed by atoms with Gasteiger partial charge in [0.15, 0.2) is 0 Å². The Morgan fingerprint density at radius 2 is 2.31 bits per heavy atom. The molecule has 1 heterocycles. The molecule has 74 valence electrons. The second kappa shape index (κ2) is 4.11. The maximum Gasteiger partial charge on any atom is 0.303 e. The Balaban J connectivity index is 2.62. The molecule has 1 N–H and O–H groups in total. The SMILES string of the molecule is B[C@@H]1O[C@H](CO)[C@@H](OC(C)=O)[C@H]1C. The van der Waals surface area contributed by atoms with Crippen molar-refractivity contribution in [2.24, 2.45) is 5.92 Å². The minimum Gasteiger partial charge on any atom is -0.459 e. The molecule has 0 aromatic carbocycles. The summed E-state index contributed by atoms with van der Waals surface area (Å²) in [7, 11) is 1.91. The smallest absolute Gasteiger partial charge is 0.303 e. The van der Waals surface area contributed by atoms with Crippen molar-refractivity contribution in [1.29, 1.82) is 0 Å². The van der Waals surface area contributed by atoms with Gasteiger partial charge in [-0.2, -0.15) is 0 Å². The van der Waals surface area contributed by atoms with Gasteiger partial charge in [0.2, 0.25) is 0 Å². The summed E-state index contributed by atoms with van der Waals surface area (Å²) < 4.78 is 10.5. The zero-order valence-corrected chi connectivity index (χ0v) is 8.19. The highest BCUT2D eigenvalue weighted by Gasteiger charge is 2.41. The summed E-state index contributed by atoms with van der Waals surface area (Å²) in [4.78, 5) is 10.8. The molecular weight excluding hydrogens is 171 g/mol. The fourth-order valence-corrected chi connectivity index (χ4v) is 1.60. The maximum atomic E-state index is 10.8. The summed E-state index contributed by atoms with van der Waals surface area (Å²) in [5.41, 5.74) is 0. The van der Waals surface area contributed by atoms with Gasteiger partial charge in [-0.1, -0.05) is 6.92 Å². The van der Waals surface area contributed by atoms with E-state index < -0.39 is 0 Å². The highest BCUT2D eigenvalue weighted by Crippen LogP contribution is 2.27. The van der Waals surface area contributed by atoms with Crippen LogP contribution in [0, 0.1) is 5.92 Å². The largest absolute Gasteiger partial charge is 0.459 e. The average molecular weight is 186 g/mol. The molecule has 0 radical (unpaired) electrons. The van der Waals surface area contributed by atoms with Crippen LogP contribution in [0.3, 0.4) is 0 Å². The van der Waals surface area contributed by atoms with Crippen LogP contribution in [0.1, 0.15) is 13.8 Å². The van der Waals surface area contributed by atoms with E-state index in [4.69, 9.17) is 14.6 Å². The molecule has 1 aliphatic rings. The second-order valence-corrected chi connectivity index (χ2v) is 3.50. The van der Waals surface area contributed by atoms with Crippen molar-refractivity contribution >= 4 is 13.8 Å². The molecule has 0 aliphatic carbocycles. The molecule has 1 fully saturated rings. The lowest BCUT2D eigenvalue weighted by molar-refractivity contribution is -0.151. The van der Waals surface area contributed by atoms with Crippen LogP contribution in [0.15, 0.2) is 0 Å². The van der Waals surface area contributed by atoms with E-state index in [-0.39, 0.29) is 36.7 Å². The first kappa shape index (κ1) is 10.5. The van der Waals surface area contributed by atoms with Gasteiger partial charge in [0.25, 0.3) is 0 Å². The lowest BCUT2D eigenvalue weighted by Crippen LogP contribution is -2.33. The van der Waals surface area contributed by atoms with E-state index in [1.165, 1.54) is 6.92 Å². The number of aliphatic hydroxyl groups is 1. The maximum absolute atomic E-state index is 10.8. The predicted molar refractivity (Wildman–Crippen MR) is 49.0 cm³/mol. The molecule has 0 saturated carbocycles. The van der Waals surface area contributed by atoms with Crippen LogP contribution in [0.2, 0.25) is 0 Å².